The van der Waals surface area contributed by atoms with Gasteiger partial charge in [-0.1, -0.05) is 29.3 Å². The number of hydrogen-bond acceptors (Lipinski definition) is 3. The molecule has 6 heteroatoms. The molecule has 0 unspecified atom stereocenters. The summed E-state index contributed by atoms with van der Waals surface area (Å²) in [6, 6.07) is 8.86. The fraction of sp³-hybridized carbons (Fsp3) is 0.538. The molecule has 172 valence electrons. The molecular formula is C26H30Cl2FNO2. The van der Waals surface area contributed by atoms with Gasteiger partial charge in [0.15, 0.2) is 11.5 Å². The summed E-state index contributed by atoms with van der Waals surface area (Å²) in [7, 11) is 0. The first-order valence-corrected chi connectivity index (χ1v) is 12.5. The third-order valence-electron chi connectivity index (χ3n) is 7.52. The molecule has 32 heavy (non-hydrogen) atoms. The van der Waals surface area contributed by atoms with Gasteiger partial charge in [0.2, 0.25) is 0 Å². The topological polar surface area (TPSA) is 30.5 Å². The quantitative estimate of drug-likeness (QED) is 0.442. The molecular weight excluding hydrogens is 448 g/mol. The summed E-state index contributed by atoms with van der Waals surface area (Å²) < 4.78 is 25.1. The minimum atomic E-state index is -0.372. The summed E-state index contributed by atoms with van der Waals surface area (Å²) >= 11 is 12.8. The molecule has 0 atom stereocenters. The molecule has 2 aromatic carbocycles. The zero-order valence-electron chi connectivity index (χ0n) is 18.4. The molecule has 3 nitrogen and oxygen atoms in total. The smallest absolute Gasteiger partial charge is 0.180 e. The normalized spacial score (nSPS) is 28.2. The van der Waals surface area contributed by atoms with Crippen molar-refractivity contribution in [2.45, 2.75) is 58.2 Å². The summed E-state index contributed by atoms with van der Waals surface area (Å²) in [6.45, 7) is 3.41. The van der Waals surface area contributed by atoms with Gasteiger partial charge in [0, 0.05) is 18.2 Å². The minimum Gasteiger partial charge on any atom is -0.490 e. The Balaban J connectivity index is 1.28. The summed E-state index contributed by atoms with van der Waals surface area (Å²) in [4.78, 5) is 0. The van der Waals surface area contributed by atoms with Crippen LogP contribution in [0.1, 0.15) is 50.2 Å². The molecule has 4 aliphatic rings. The van der Waals surface area contributed by atoms with E-state index >= 15 is 0 Å². The minimum absolute atomic E-state index is 0.185. The Morgan fingerprint density at radius 3 is 2.31 bits per heavy atom. The highest BCUT2D eigenvalue weighted by Crippen LogP contribution is 2.53. The van der Waals surface area contributed by atoms with Crippen molar-refractivity contribution >= 4 is 23.2 Å². The second kappa shape index (κ2) is 9.40. The molecule has 0 radical (unpaired) electrons. The molecule has 4 bridgehead atoms. The van der Waals surface area contributed by atoms with Gasteiger partial charge in [0.1, 0.15) is 12.4 Å². The van der Waals surface area contributed by atoms with Crippen LogP contribution >= 0.6 is 23.2 Å². The summed E-state index contributed by atoms with van der Waals surface area (Å²) in [5, 5.41) is 4.70. The van der Waals surface area contributed by atoms with Crippen molar-refractivity contribution in [1.29, 1.82) is 0 Å². The second-order valence-electron chi connectivity index (χ2n) is 9.70. The predicted molar refractivity (Wildman–Crippen MR) is 126 cm³/mol. The maximum Gasteiger partial charge on any atom is 0.180 e. The number of benzene rings is 2. The maximum absolute atomic E-state index is 13.3. The first-order chi connectivity index (χ1) is 15.5. The average Bonchev–Trinajstić information content (AvgIpc) is 2.73. The van der Waals surface area contributed by atoms with Gasteiger partial charge in [0.05, 0.1) is 16.7 Å². The number of rotatable bonds is 8. The van der Waals surface area contributed by atoms with Gasteiger partial charge >= 0.3 is 0 Å². The lowest BCUT2D eigenvalue weighted by Crippen LogP contribution is -2.54. The van der Waals surface area contributed by atoms with E-state index in [9.17, 15) is 4.39 Å². The van der Waals surface area contributed by atoms with Crippen molar-refractivity contribution in [2.75, 3.05) is 6.61 Å². The number of nitrogens with one attached hydrogen (secondary N) is 1. The van der Waals surface area contributed by atoms with Crippen LogP contribution in [0.25, 0.3) is 0 Å². The van der Waals surface area contributed by atoms with E-state index in [2.05, 4.69) is 5.32 Å². The fourth-order valence-corrected chi connectivity index (χ4v) is 6.92. The van der Waals surface area contributed by atoms with Gasteiger partial charge in [-0.3, -0.25) is 0 Å². The summed E-state index contributed by atoms with van der Waals surface area (Å²) in [5.41, 5.74) is 1.79. The monoisotopic (exact) mass is 477 g/mol. The largest absolute Gasteiger partial charge is 0.490 e. The van der Waals surface area contributed by atoms with Crippen molar-refractivity contribution in [1.82, 2.24) is 5.32 Å². The lowest BCUT2D eigenvalue weighted by molar-refractivity contribution is -0.0142. The standard InChI is InChI=1S/C26H30Cl2FNO2/c1-2-31-24-11-17(13-30-25-19-6-15-5-16(8-19)9-20(25)7-15)10-23(28)26(24)32-14-18-3-4-21(29)12-22(18)27/h3-4,10-12,15-16,19-20,25,30H,2,5-9,13-14H2,1H3. The SMILES string of the molecule is CCOc1cc(CNC2C3CC4CC(C3)CC2C4)cc(Cl)c1OCc1ccc(F)cc1Cl. The van der Waals surface area contributed by atoms with E-state index in [1.807, 2.05) is 19.1 Å². The number of hydrogen-bond donors (Lipinski definition) is 1. The van der Waals surface area contributed by atoms with Gasteiger partial charge in [-0.15, -0.1) is 0 Å². The Labute approximate surface area is 199 Å². The molecule has 4 saturated carbocycles. The molecule has 0 heterocycles. The predicted octanol–water partition coefficient (Wildman–Crippen LogP) is 7.02. The number of halogens is 3. The van der Waals surface area contributed by atoms with Gasteiger partial charge in [-0.2, -0.15) is 0 Å². The molecule has 0 amide bonds. The van der Waals surface area contributed by atoms with Crippen LogP contribution in [0.5, 0.6) is 11.5 Å². The van der Waals surface area contributed by atoms with Crippen LogP contribution in [-0.4, -0.2) is 12.6 Å². The van der Waals surface area contributed by atoms with Gasteiger partial charge in [0.25, 0.3) is 0 Å². The van der Waals surface area contributed by atoms with Crippen molar-refractivity contribution in [3.8, 4) is 11.5 Å². The molecule has 6 rings (SSSR count). The van der Waals surface area contributed by atoms with Gasteiger partial charge < -0.3 is 14.8 Å². The molecule has 0 spiro atoms. The van der Waals surface area contributed by atoms with E-state index in [1.54, 1.807) is 6.07 Å². The fourth-order valence-electron chi connectivity index (χ4n) is 6.41. The highest BCUT2D eigenvalue weighted by atomic mass is 35.5. The molecule has 4 fully saturated rings. The van der Waals surface area contributed by atoms with Crippen LogP contribution < -0.4 is 14.8 Å². The molecule has 1 N–H and O–H groups in total. The molecule has 2 aromatic rings. The van der Waals surface area contributed by atoms with Crippen molar-refractivity contribution in [3.63, 3.8) is 0 Å². The number of ether oxygens (including phenoxy) is 2. The molecule has 4 aliphatic carbocycles. The zero-order chi connectivity index (χ0) is 22.2. The van der Waals surface area contributed by atoms with E-state index in [0.29, 0.717) is 39.8 Å². The Morgan fingerprint density at radius 2 is 1.66 bits per heavy atom. The van der Waals surface area contributed by atoms with Crippen LogP contribution in [0.4, 0.5) is 4.39 Å². The molecule has 0 aliphatic heterocycles. The van der Waals surface area contributed by atoms with E-state index < -0.39 is 0 Å². The van der Waals surface area contributed by atoms with Crippen LogP contribution in [0, 0.1) is 29.5 Å². The van der Waals surface area contributed by atoms with E-state index in [-0.39, 0.29) is 12.4 Å². The third-order valence-corrected chi connectivity index (χ3v) is 8.16. The van der Waals surface area contributed by atoms with Gasteiger partial charge in [-0.05, 0) is 92.5 Å². The zero-order valence-corrected chi connectivity index (χ0v) is 19.9. The van der Waals surface area contributed by atoms with Crippen LogP contribution in [0.15, 0.2) is 30.3 Å². The van der Waals surface area contributed by atoms with Crippen molar-refractivity contribution < 1.29 is 13.9 Å². The second-order valence-corrected chi connectivity index (χ2v) is 10.5. The first-order valence-electron chi connectivity index (χ1n) is 11.8. The van der Waals surface area contributed by atoms with Gasteiger partial charge in [-0.25, -0.2) is 4.39 Å². The lowest BCUT2D eigenvalue weighted by atomic mass is 9.54. The Morgan fingerprint density at radius 1 is 0.938 bits per heavy atom. The van der Waals surface area contributed by atoms with Crippen LogP contribution in [0.3, 0.4) is 0 Å². The maximum atomic E-state index is 13.3. The first kappa shape index (κ1) is 22.3. The Hall–Kier alpha value is -1.49. The van der Waals surface area contributed by atoms with Crippen LogP contribution in [0.2, 0.25) is 10.0 Å². The van der Waals surface area contributed by atoms with E-state index in [0.717, 1.165) is 35.8 Å². The Bertz CT molecular complexity index is 955. The highest BCUT2D eigenvalue weighted by Gasteiger charge is 2.47. The Kier molecular flexibility index (Phi) is 6.55. The molecule has 0 aromatic heterocycles. The highest BCUT2D eigenvalue weighted by molar-refractivity contribution is 6.32. The summed E-state index contributed by atoms with van der Waals surface area (Å²) in [6.07, 6.45) is 7.06. The average molecular weight is 478 g/mol. The van der Waals surface area contributed by atoms with Crippen molar-refractivity contribution in [3.05, 3.63) is 57.3 Å². The van der Waals surface area contributed by atoms with Crippen molar-refractivity contribution in [2.24, 2.45) is 23.7 Å². The summed E-state index contributed by atoms with van der Waals surface area (Å²) in [5.74, 6) is 4.35. The van der Waals surface area contributed by atoms with E-state index in [1.165, 1.54) is 44.2 Å². The molecule has 0 saturated heterocycles. The van der Waals surface area contributed by atoms with E-state index in [4.69, 9.17) is 32.7 Å². The van der Waals surface area contributed by atoms with Crippen LogP contribution in [-0.2, 0) is 13.2 Å². The lowest BCUT2D eigenvalue weighted by Gasteiger charge is -2.54. The third kappa shape index (κ3) is 4.60.